The molecule has 0 atom stereocenters. The molecule has 0 unspecified atom stereocenters. The summed E-state index contributed by atoms with van der Waals surface area (Å²) in [6.45, 7) is 0.567. The van der Waals surface area contributed by atoms with Crippen molar-refractivity contribution in [2.24, 2.45) is 7.05 Å². The number of hydrogen-bond donors (Lipinski definition) is 1. The highest BCUT2D eigenvalue weighted by molar-refractivity contribution is 5.82. The van der Waals surface area contributed by atoms with E-state index in [1.54, 1.807) is 0 Å². The molecule has 0 saturated heterocycles. The predicted octanol–water partition coefficient (Wildman–Crippen LogP) is 3.31. The van der Waals surface area contributed by atoms with E-state index in [2.05, 4.69) is 23.0 Å². The Morgan fingerprint density at radius 2 is 1.96 bits per heavy atom. The molecular weight excluding hydrogens is 298 g/mol. The van der Waals surface area contributed by atoms with E-state index in [1.165, 1.54) is 18.7 Å². The lowest BCUT2D eigenvalue weighted by Crippen LogP contribution is -2.24. The molecule has 4 heteroatoms. The number of fused-ring (bicyclic) bond motifs is 1. The van der Waals surface area contributed by atoms with Gasteiger partial charge in [0.25, 0.3) is 0 Å². The van der Waals surface area contributed by atoms with Crippen molar-refractivity contribution in [1.29, 1.82) is 0 Å². The molecule has 1 aliphatic rings. The van der Waals surface area contributed by atoms with Gasteiger partial charge in [-0.05, 0) is 36.1 Å². The standard InChI is InChI=1S/C20H21N3O/c1-23-18-10-7-15(11-17(18)22-20(23)16-8-9-16)12-19(24)21-13-14-5-3-2-4-6-14/h2-7,10-11,16H,8-9,12-13H2,1H3,(H,21,24). The molecule has 1 aliphatic carbocycles. The van der Waals surface area contributed by atoms with Crippen LogP contribution in [0, 0.1) is 0 Å². The molecule has 4 rings (SSSR count). The Kier molecular flexibility index (Phi) is 3.81. The van der Waals surface area contributed by atoms with Gasteiger partial charge in [-0.25, -0.2) is 4.98 Å². The zero-order chi connectivity index (χ0) is 16.5. The number of benzene rings is 2. The third-order valence-corrected chi connectivity index (χ3v) is 4.62. The molecule has 2 aromatic carbocycles. The first-order valence-corrected chi connectivity index (χ1v) is 8.46. The van der Waals surface area contributed by atoms with Gasteiger partial charge in [-0.2, -0.15) is 0 Å². The number of rotatable bonds is 5. The predicted molar refractivity (Wildman–Crippen MR) is 94.7 cm³/mol. The number of nitrogens with one attached hydrogen (secondary N) is 1. The van der Waals surface area contributed by atoms with Crippen LogP contribution < -0.4 is 5.32 Å². The molecule has 1 heterocycles. The molecule has 1 N–H and O–H groups in total. The van der Waals surface area contributed by atoms with E-state index in [1.807, 2.05) is 42.5 Å². The monoisotopic (exact) mass is 319 g/mol. The van der Waals surface area contributed by atoms with Gasteiger partial charge in [0.1, 0.15) is 5.82 Å². The molecule has 1 fully saturated rings. The van der Waals surface area contributed by atoms with Crippen molar-refractivity contribution in [2.45, 2.75) is 31.7 Å². The molecule has 0 radical (unpaired) electrons. The Morgan fingerprint density at radius 1 is 1.17 bits per heavy atom. The minimum atomic E-state index is 0.0385. The summed E-state index contributed by atoms with van der Waals surface area (Å²) in [6, 6.07) is 16.1. The number of aryl methyl sites for hydroxylation is 1. The Labute approximate surface area is 141 Å². The first kappa shape index (κ1) is 14.9. The first-order chi connectivity index (χ1) is 11.7. The minimum Gasteiger partial charge on any atom is -0.352 e. The van der Waals surface area contributed by atoms with Crippen LogP contribution in [0.5, 0.6) is 0 Å². The zero-order valence-electron chi connectivity index (χ0n) is 13.8. The normalized spacial score (nSPS) is 14.0. The van der Waals surface area contributed by atoms with E-state index in [0.717, 1.165) is 22.2 Å². The van der Waals surface area contributed by atoms with Crippen molar-refractivity contribution in [3.63, 3.8) is 0 Å². The van der Waals surface area contributed by atoms with Crippen molar-refractivity contribution in [3.05, 3.63) is 65.5 Å². The van der Waals surface area contributed by atoms with E-state index in [9.17, 15) is 4.79 Å². The average molecular weight is 319 g/mol. The van der Waals surface area contributed by atoms with E-state index in [-0.39, 0.29) is 5.91 Å². The van der Waals surface area contributed by atoms with Gasteiger partial charge in [0, 0.05) is 19.5 Å². The molecule has 0 aliphatic heterocycles. The molecule has 0 spiro atoms. The summed E-state index contributed by atoms with van der Waals surface area (Å²) < 4.78 is 2.19. The summed E-state index contributed by atoms with van der Waals surface area (Å²) in [7, 11) is 2.08. The molecule has 1 saturated carbocycles. The highest BCUT2D eigenvalue weighted by Gasteiger charge is 2.28. The Bertz CT molecular complexity index is 879. The van der Waals surface area contributed by atoms with Crippen molar-refractivity contribution in [2.75, 3.05) is 0 Å². The molecule has 1 amide bonds. The summed E-state index contributed by atoms with van der Waals surface area (Å²) in [5, 5.41) is 2.98. The topological polar surface area (TPSA) is 46.9 Å². The van der Waals surface area contributed by atoms with E-state index in [0.29, 0.717) is 18.9 Å². The number of aromatic nitrogens is 2. The zero-order valence-corrected chi connectivity index (χ0v) is 13.8. The van der Waals surface area contributed by atoms with E-state index in [4.69, 9.17) is 4.98 Å². The van der Waals surface area contributed by atoms with Crippen molar-refractivity contribution in [3.8, 4) is 0 Å². The molecule has 122 valence electrons. The van der Waals surface area contributed by atoms with Gasteiger partial charge in [-0.3, -0.25) is 4.79 Å². The lowest BCUT2D eigenvalue weighted by Gasteiger charge is -2.06. The van der Waals surface area contributed by atoms with Gasteiger partial charge in [0.2, 0.25) is 5.91 Å². The van der Waals surface area contributed by atoms with Crippen LogP contribution in [0.2, 0.25) is 0 Å². The summed E-state index contributed by atoms with van der Waals surface area (Å²) in [5.74, 6) is 1.84. The Balaban J connectivity index is 1.45. The number of amides is 1. The van der Waals surface area contributed by atoms with Crippen LogP contribution in [0.3, 0.4) is 0 Å². The van der Waals surface area contributed by atoms with Crippen molar-refractivity contribution < 1.29 is 4.79 Å². The third-order valence-electron chi connectivity index (χ3n) is 4.62. The van der Waals surface area contributed by atoms with Gasteiger partial charge in [0.05, 0.1) is 17.5 Å². The fourth-order valence-electron chi connectivity index (χ4n) is 3.13. The SMILES string of the molecule is Cn1c(C2CC2)nc2cc(CC(=O)NCc3ccccc3)ccc21. The fraction of sp³-hybridized carbons (Fsp3) is 0.300. The van der Waals surface area contributed by atoms with Crippen LogP contribution in [0.1, 0.15) is 35.7 Å². The second kappa shape index (κ2) is 6.11. The van der Waals surface area contributed by atoms with Gasteiger partial charge in [0.15, 0.2) is 0 Å². The maximum absolute atomic E-state index is 12.2. The minimum absolute atomic E-state index is 0.0385. The number of imidazole rings is 1. The largest absolute Gasteiger partial charge is 0.352 e. The average Bonchev–Trinajstić information content (AvgIpc) is 3.39. The fourth-order valence-corrected chi connectivity index (χ4v) is 3.13. The molecule has 0 bridgehead atoms. The van der Waals surface area contributed by atoms with Crippen molar-refractivity contribution >= 4 is 16.9 Å². The second-order valence-electron chi connectivity index (χ2n) is 6.57. The van der Waals surface area contributed by atoms with E-state index >= 15 is 0 Å². The summed E-state index contributed by atoms with van der Waals surface area (Å²) in [5.41, 5.74) is 4.26. The quantitative estimate of drug-likeness (QED) is 0.784. The van der Waals surface area contributed by atoms with Crippen LogP contribution >= 0.6 is 0 Å². The van der Waals surface area contributed by atoms with Gasteiger partial charge < -0.3 is 9.88 Å². The van der Waals surface area contributed by atoms with Crippen LogP contribution in [0.4, 0.5) is 0 Å². The Morgan fingerprint density at radius 3 is 2.71 bits per heavy atom. The highest BCUT2D eigenvalue weighted by Crippen LogP contribution is 2.40. The van der Waals surface area contributed by atoms with Crippen LogP contribution in [-0.4, -0.2) is 15.5 Å². The van der Waals surface area contributed by atoms with Gasteiger partial charge >= 0.3 is 0 Å². The number of carbonyl (C=O) groups is 1. The van der Waals surface area contributed by atoms with Gasteiger partial charge in [-0.15, -0.1) is 0 Å². The molecule has 4 nitrogen and oxygen atoms in total. The lowest BCUT2D eigenvalue weighted by molar-refractivity contribution is -0.120. The maximum atomic E-state index is 12.2. The second-order valence-corrected chi connectivity index (χ2v) is 6.57. The molecule has 1 aromatic heterocycles. The molecule has 3 aromatic rings. The summed E-state index contributed by atoms with van der Waals surface area (Å²) in [6.07, 6.45) is 2.87. The van der Waals surface area contributed by atoms with Crippen molar-refractivity contribution in [1.82, 2.24) is 14.9 Å². The number of nitrogens with zero attached hydrogens (tertiary/aromatic N) is 2. The van der Waals surface area contributed by atoms with Crippen LogP contribution in [-0.2, 0) is 24.8 Å². The number of hydrogen-bond acceptors (Lipinski definition) is 2. The Hall–Kier alpha value is -2.62. The molecule has 24 heavy (non-hydrogen) atoms. The van der Waals surface area contributed by atoms with E-state index < -0.39 is 0 Å². The number of carbonyl (C=O) groups excluding carboxylic acids is 1. The summed E-state index contributed by atoms with van der Waals surface area (Å²) in [4.78, 5) is 16.9. The smallest absolute Gasteiger partial charge is 0.224 e. The first-order valence-electron chi connectivity index (χ1n) is 8.46. The lowest BCUT2D eigenvalue weighted by atomic mass is 10.1. The highest BCUT2D eigenvalue weighted by atomic mass is 16.1. The van der Waals surface area contributed by atoms with Crippen LogP contribution in [0.15, 0.2) is 48.5 Å². The summed E-state index contributed by atoms with van der Waals surface area (Å²) >= 11 is 0. The molecular formula is C20H21N3O. The van der Waals surface area contributed by atoms with Gasteiger partial charge in [-0.1, -0.05) is 36.4 Å². The van der Waals surface area contributed by atoms with Crippen LogP contribution in [0.25, 0.3) is 11.0 Å². The maximum Gasteiger partial charge on any atom is 0.224 e. The third kappa shape index (κ3) is 3.04.